The van der Waals surface area contributed by atoms with Gasteiger partial charge in [-0.2, -0.15) is 0 Å². The third-order valence-corrected chi connectivity index (χ3v) is 3.57. The maximum absolute atomic E-state index is 5.68. The van der Waals surface area contributed by atoms with E-state index < -0.39 is 0 Å². The Morgan fingerprint density at radius 3 is 2.94 bits per heavy atom. The molecule has 0 aliphatic carbocycles. The second kappa shape index (κ2) is 6.38. The van der Waals surface area contributed by atoms with Gasteiger partial charge in [-0.05, 0) is 30.9 Å². The lowest BCUT2D eigenvalue weighted by Crippen LogP contribution is -2.24. The van der Waals surface area contributed by atoms with Crippen LogP contribution < -0.4 is 0 Å². The maximum Gasteiger partial charge on any atom is 0.0808 e. The van der Waals surface area contributed by atoms with Gasteiger partial charge in [0.1, 0.15) is 0 Å². The number of rotatable bonds is 4. The summed E-state index contributed by atoms with van der Waals surface area (Å²) >= 11 is 3.51. The highest BCUT2D eigenvalue weighted by atomic mass is 79.9. The second-order valence-corrected chi connectivity index (χ2v) is 4.95. The molecule has 0 bridgehead atoms. The third kappa shape index (κ3) is 3.58. The second-order valence-electron chi connectivity index (χ2n) is 4.10. The summed E-state index contributed by atoms with van der Waals surface area (Å²) in [5.74, 6) is 0. The first-order valence-electron chi connectivity index (χ1n) is 5.79. The van der Waals surface area contributed by atoms with E-state index in [0.717, 1.165) is 17.5 Å². The highest BCUT2D eigenvalue weighted by Crippen LogP contribution is 2.18. The zero-order valence-electron chi connectivity index (χ0n) is 9.32. The van der Waals surface area contributed by atoms with E-state index >= 15 is 0 Å². The van der Waals surface area contributed by atoms with Crippen molar-refractivity contribution in [3.63, 3.8) is 0 Å². The number of hydrogen-bond donors (Lipinski definition) is 0. The van der Waals surface area contributed by atoms with Gasteiger partial charge in [0, 0.05) is 11.1 Å². The van der Waals surface area contributed by atoms with Gasteiger partial charge in [-0.1, -0.05) is 34.1 Å². The minimum Gasteiger partial charge on any atom is -0.376 e. The van der Waals surface area contributed by atoms with Gasteiger partial charge in [0.25, 0.3) is 0 Å². The van der Waals surface area contributed by atoms with Crippen LogP contribution in [0.2, 0.25) is 0 Å². The van der Waals surface area contributed by atoms with Gasteiger partial charge in [0.2, 0.25) is 0 Å². The number of benzene rings is 1. The monoisotopic (exact) mass is 284 g/mol. The van der Waals surface area contributed by atoms with Gasteiger partial charge in [-0.25, -0.2) is 0 Å². The van der Waals surface area contributed by atoms with Crippen LogP contribution >= 0.6 is 15.9 Å². The lowest BCUT2D eigenvalue weighted by Gasteiger charge is -2.22. The summed E-state index contributed by atoms with van der Waals surface area (Å²) in [6.45, 7) is 2.26. The molecule has 88 valence electrons. The van der Waals surface area contributed by atoms with Crippen molar-refractivity contribution in [2.45, 2.75) is 32.0 Å². The number of halogens is 1. The zero-order chi connectivity index (χ0) is 11.2. The lowest BCUT2D eigenvalue weighted by atomic mass is 10.1. The van der Waals surface area contributed by atoms with E-state index in [1.165, 1.54) is 18.4 Å². The van der Waals surface area contributed by atoms with Crippen LogP contribution in [-0.4, -0.2) is 19.3 Å². The number of ether oxygens (including phenoxy) is 2. The molecule has 1 fully saturated rings. The van der Waals surface area contributed by atoms with Crippen LogP contribution in [0.3, 0.4) is 0 Å². The van der Waals surface area contributed by atoms with Gasteiger partial charge in [-0.15, -0.1) is 0 Å². The maximum atomic E-state index is 5.68. The molecule has 1 heterocycles. The summed E-state index contributed by atoms with van der Waals surface area (Å²) in [5.41, 5.74) is 1.19. The standard InChI is InChI=1S/C13H17BrO2/c14-13-7-2-1-5-11(13)9-15-10-12-6-3-4-8-16-12/h1-2,5,7,12H,3-4,6,8-10H2. The molecule has 3 heteroatoms. The molecular formula is C13H17BrO2. The molecular weight excluding hydrogens is 268 g/mol. The molecule has 0 radical (unpaired) electrons. The van der Waals surface area contributed by atoms with Crippen molar-refractivity contribution in [1.82, 2.24) is 0 Å². The summed E-state index contributed by atoms with van der Waals surface area (Å²) in [5, 5.41) is 0. The first-order valence-corrected chi connectivity index (χ1v) is 6.58. The molecule has 1 aromatic carbocycles. The van der Waals surface area contributed by atoms with E-state index in [2.05, 4.69) is 22.0 Å². The van der Waals surface area contributed by atoms with Crippen molar-refractivity contribution < 1.29 is 9.47 Å². The van der Waals surface area contributed by atoms with Gasteiger partial charge < -0.3 is 9.47 Å². The molecule has 1 aliphatic rings. The molecule has 2 rings (SSSR count). The molecule has 0 saturated carbocycles. The van der Waals surface area contributed by atoms with Crippen LogP contribution in [0.25, 0.3) is 0 Å². The Balaban J connectivity index is 1.73. The molecule has 2 nitrogen and oxygen atoms in total. The minimum atomic E-state index is 0.302. The first-order chi connectivity index (χ1) is 7.86. The predicted octanol–water partition coefficient (Wildman–Crippen LogP) is 3.53. The fraction of sp³-hybridized carbons (Fsp3) is 0.538. The molecule has 0 aromatic heterocycles. The molecule has 1 aliphatic heterocycles. The summed E-state index contributed by atoms with van der Waals surface area (Å²) < 4.78 is 12.4. The van der Waals surface area contributed by atoms with Crippen molar-refractivity contribution in [1.29, 1.82) is 0 Å². The Labute approximate surface area is 105 Å². The van der Waals surface area contributed by atoms with Crippen LogP contribution in [0.15, 0.2) is 28.7 Å². The van der Waals surface area contributed by atoms with Gasteiger partial charge >= 0.3 is 0 Å². The molecule has 0 amide bonds. The van der Waals surface area contributed by atoms with E-state index in [1.54, 1.807) is 0 Å². The van der Waals surface area contributed by atoms with Crippen LogP contribution in [0.1, 0.15) is 24.8 Å². The molecule has 1 saturated heterocycles. The summed E-state index contributed by atoms with van der Waals surface area (Å²) in [4.78, 5) is 0. The number of hydrogen-bond acceptors (Lipinski definition) is 2. The minimum absolute atomic E-state index is 0.302. The lowest BCUT2D eigenvalue weighted by molar-refractivity contribution is -0.0448. The van der Waals surface area contributed by atoms with E-state index in [1.807, 2.05) is 18.2 Å². The highest BCUT2D eigenvalue weighted by molar-refractivity contribution is 9.10. The van der Waals surface area contributed by atoms with Gasteiger partial charge in [0.05, 0.1) is 19.3 Å². The summed E-state index contributed by atoms with van der Waals surface area (Å²) in [6, 6.07) is 8.15. The largest absolute Gasteiger partial charge is 0.376 e. The first kappa shape index (κ1) is 12.1. The van der Waals surface area contributed by atoms with Crippen molar-refractivity contribution in [3.8, 4) is 0 Å². The fourth-order valence-electron chi connectivity index (χ4n) is 1.85. The molecule has 0 spiro atoms. The van der Waals surface area contributed by atoms with Crippen LogP contribution in [-0.2, 0) is 16.1 Å². The predicted molar refractivity (Wildman–Crippen MR) is 67.4 cm³/mol. The van der Waals surface area contributed by atoms with E-state index in [4.69, 9.17) is 9.47 Å². The fourth-order valence-corrected chi connectivity index (χ4v) is 2.25. The van der Waals surface area contributed by atoms with Crippen molar-refractivity contribution in [2.75, 3.05) is 13.2 Å². The topological polar surface area (TPSA) is 18.5 Å². The molecule has 1 atom stereocenters. The summed E-state index contributed by atoms with van der Waals surface area (Å²) in [6.07, 6.45) is 3.90. The van der Waals surface area contributed by atoms with E-state index in [0.29, 0.717) is 19.3 Å². The SMILES string of the molecule is Brc1ccccc1COCC1CCCCO1. The van der Waals surface area contributed by atoms with Crippen LogP contribution in [0.5, 0.6) is 0 Å². The van der Waals surface area contributed by atoms with Crippen molar-refractivity contribution >= 4 is 15.9 Å². The average Bonchev–Trinajstić information content (AvgIpc) is 2.33. The average molecular weight is 285 g/mol. The Morgan fingerprint density at radius 2 is 2.19 bits per heavy atom. The Kier molecular flexibility index (Phi) is 4.82. The van der Waals surface area contributed by atoms with E-state index in [9.17, 15) is 0 Å². The van der Waals surface area contributed by atoms with Gasteiger partial charge in [0.15, 0.2) is 0 Å². The van der Waals surface area contributed by atoms with Crippen molar-refractivity contribution in [2.24, 2.45) is 0 Å². The molecule has 1 unspecified atom stereocenters. The zero-order valence-corrected chi connectivity index (χ0v) is 10.9. The Morgan fingerprint density at radius 1 is 1.31 bits per heavy atom. The van der Waals surface area contributed by atoms with E-state index in [-0.39, 0.29) is 0 Å². The Hall–Kier alpha value is -0.380. The normalized spacial score (nSPS) is 20.9. The smallest absolute Gasteiger partial charge is 0.0808 e. The highest BCUT2D eigenvalue weighted by Gasteiger charge is 2.13. The third-order valence-electron chi connectivity index (χ3n) is 2.79. The van der Waals surface area contributed by atoms with Crippen LogP contribution in [0, 0.1) is 0 Å². The molecule has 1 aromatic rings. The quantitative estimate of drug-likeness (QED) is 0.842. The molecule has 16 heavy (non-hydrogen) atoms. The summed E-state index contributed by atoms with van der Waals surface area (Å²) in [7, 11) is 0. The van der Waals surface area contributed by atoms with Crippen LogP contribution in [0.4, 0.5) is 0 Å². The van der Waals surface area contributed by atoms with Crippen molar-refractivity contribution in [3.05, 3.63) is 34.3 Å². The molecule has 0 N–H and O–H groups in total. The Bertz CT molecular complexity index is 321. The van der Waals surface area contributed by atoms with Gasteiger partial charge in [-0.3, -0.25) is 0 Å².